The fourth-order valence-electron chi connectivity index (χ4n) is 1.16. The Morgan fingerprint density at radius 2 is 1.87 bits per heavy atom. The summed E-state index contributed by atoms with van der Waals surface area (Å²) >= 11 is 0. The molecule has 0 saturated carbocycles. The Morgan fingerprint density at radius 3 is 2.33 bits per heavy atom. The topological polar surface area (TPSA) is 18.5 Å². The van der Waals surface area contributed by atoms with Gasteiger partial charge in [-0.1, -0.05) is 36.3 Å². The van der Waals surface area contributed by atoms with E-state index in [2.05, 4.69) is 5.92 Å². The first-order chi connectivity index (χ1) is 7.09. The van der Waals surface area contributed by atoms with Crippen LogP contribution in [0, 0.1) is 12.3 Å². The minimum Gasteiger partial charge on any atom is -0.354 e. The third-order valence-corrected chi connectivity index (χ3v) is 2.15. The Morgan fingerprint density at radius 1 is 1.27 bits per heavy atom. The molecule has 1 rings (SSSR count). The van der Waals surface area contributed by atoms with Crippen LogP contribution in [0.5, 0.6) is 0 Å². The number of hydrogen-bond donors (Lipinski definition) is 0. The van der Waals surface area contributed by atoms with E-state index in [0.29, 0.717) is 0 Å². The van der Waals surface area contributed by atoms with Gasteiger partial charge in [0, 0.05) is 7.11 Å². The molecule has 0 amide bonds. The first kappa shape index (κ1) is 11.8. The van der Waals surface area contributed by atoms with E-state index in [9.17, 15) is 0 Å². The second-order valence-corrected chi connectivity index (χ2v) is 3.68. The minimum atomic E-state index is -0.674. The van der Waals surface area contributed by atoms with Gasteiger partial charge >= 0.3 is 0 Å². The monoisotopic (exact) mass is 204 g/mol. The van der Waals surface area contributed by atoms with E-state index >= 15 is 0 Å². The predicted molar refractivity (Wildman–Crippen MR) is 60.2 cm³/mol. The van der Waals surface area contributed by atoms with Crippen molar-refractivity contribution >= 4 is 0 Å². The van der Waals surface area contributed by atoms with E-state index in [-0.39, 0.29) is 6.10 Å². The van der Waals surface area contributed by atoms with E-state index in [4.69, 9.17) is 15.9 Å². The molecule has 80 valence electrons. The van der Waals surface area contributed by atoms with Crippen LogP contribution in [0.15, 0.2) is 30.3 Å². The quantitative estimate of drug-likeness (QED) is 0.554. The van der Waals surface area contributed by atoms with Crippen molar-refractivity contribution in [3.63, 3.8) is 0 Å². The number of rotatable bonds is 4. The summed E-state index contributed by atoms with van der Waals surface area (Å²) in [4.78, 5) is 0. The van der Waals surface area contributed by atoms with E-state index in [1.807, 2.05) is 44.2 Å². The number of ether oxygens (including phenoxy) is 2. The van der Waals surface area contributed by atoms with Gasteiger partial charge in [0.05, 0.1) is 0 Å². The number of benzene rings is 1. The van der Waals surface area contributed by atoms with Gasteiger partial charge in [0.1, 0.15) is 6.10 Å². The second-order valence-electron chi connectivity index (χ2n) is 3.68. The van der Waals surface area contributed by atoms with Crippen LogP contribution in [0.3, 0.4) is 0 Å². The molecule has 0 radical (unpaired) electrons. The molecular formula is C13H16O2. The van der Waals surface area contributed by atoms with E-state index < -0.39 is 5.79 Å². The fraction of sp³-hybridized carbons (Fsp3) is 0.385. The highest BCUT2D eigenvalue weighted by Crippen LogP contribution is 2.23. The molecule has 0 aliphatic rings. The first-order valence-corrected chi connectivity index (χ1v) is 4.83. The van der Waals surface area contributed by atoms with Gasteiger partial charge in [-0.15, -0.1) is 6.42 Å². The summed E-state index contributed by atoms with van der Waals surface area (Å²) in [5.41, 5.74) is 0.963. The molecule has 1 aromatic carbocycles. The lowest BCUT2D eigenvalue weighted by atomic mass is 10.1. The Kier molecular flexibility index (Phi) is 3.90. The van der Waals surface area contributed by atoms with Crippen molar-refractivity contribution in [1.82, 2.24) is 0 Å². The Labute approximate surface area is 91.2 Å². The maximum Gasteiger partial charge on any atom is 0.164 e. The molecule has 0 aromatic heterocycles. The van der Waals surface area contributed by atoms with Gasteiger partial charge in [-0.05, 0) is 19.4 Å². The van der Waals surface area contributed by atoms with Crippen LogP contribution in [0.4, 0.5) is 0 Å². The van der Waals surface area contributed by atoms with Crippen LogP contribution >= 0.6 is 0 Å². The lowest BCUT2D eigenvalue weighted by Gasteiger charge is -2.27. The van der Waals surface area contributed by atoms with Gasteiger partial charge in [-0.2, -0.15) is 0 Å². The highest BCUT2D eigenvalue weighted by atomic mass is 16.7. The van der Waals surface area contributed by atoms with Crippen molar-refractivity contribution < 1.29 is 9.47 Å². The molecule has 0 heterocycles. The number of methoxy groups -OCH3 is 1. The standard InChI is InChI=1S/C13H16O2/c1-5-12(15-13(2,3)14-4)11-9-7-6-8-10-11/h1,6-10,12H,2-4H3. The summed E-state index contributed by atoms with van der Waals surface area (Å²) in [6.07, 6.45) is 5.06. The Balaban J connectivity index is 2.79. The molecule has 0 fully saturated rings. The van der Waals surface area contributed by atoms with Gasteiger partial charge in [0.25, 0.3) is 0 Å². The Bertz CT molecular complexity index is 335. The maximum atomic E-state index is 5.66. The van der Waals surface area contributed by atoms with E-state index in [1.165, 1.54) is 0 Å². The van der Waals surface area contributed by atoms with Crippen LogP contribution in [-0.2, 0) is 9.47 Å². The van der Waals surface area contributed by atoms with Gasteiger partial charge in [-0.25, -0.2) is 0 Å². The SMILES string of the molecule is C#CC(OC(C)(C)OC)c1ccccc1. The summed E-state index contributed by atoms with van der Waals surface area (Å²) in [5.74, 6) is 1.93. The van der Waals surface area contributed by atoms with Gasteiger partial charge in [0.2, 0.25) is 0 Å². The summed E-state index contributed by atoms with van der Waals surface area (Å²) in [5, 5.41) is 0. The molecular weight excluding hydrogens is 188 g/mol. The van der Waals surface area contributed by atoms with Gasteiger partial charge < -0.3 is 9.47 Å². The summed E-state index contributed by atoms with van der Waals surface area (Å²) in [7, 11) is 1.60. The van der Waals surface area contributed by atoms with Crippen molar-refractivity contribution in [3.8, 4) is 12.3 Å². The average molecular weight is 204 g/mol. The van der Waals surface area contributed by atoms with Crippen molar-refractivity contribution in [1.29, 1.82) is 0 Å². The summed E-state index contributed by atoms with van der Waals surface area (Å²) in [6, 6.07) is 9.69. The van der Waals surface area contributed by atoms with Crippen LogP contribution in [0.1, 0.15) is 25.5 Å². The third kappa shape index (κ3) is 3.39. The van der Waals surface area contributed by atoms with E-state index in [0.717, 1.165) is 5.56 Å². The lowest BCUT2D eigenvalue weighted by Crippen LogP contribution is -2.28. The molecule has 1 unspecified atom stereocenters. The smallest absolute Gasteiger partial charge is 0.164 e. The third-order valence-electron chi connectivity index (χ3n) is 2.15. The first-order valence-electron chi connectivity index (χ1n) is 4.83. The highest BCUT2D eigenvalue weighted by molar-refractivity contribution is 5.23. The van der Waals surface area contributed by atoms with Crippen molar-refractivity contribution in [2.75, 3.05) is 7.11 Å². The second kappa shape index (κ2) is 4.97. The zero-order valence-corrected chi connectivity index (χ0v) is 9.36. The number of terminal acetylenes is 1. The summed E-state index contributed by atoms with van der Waals surface area (Å²) < 4.78 is 10.8. The predicted octanol–water partition coefficient (Wildman–Crippen LogP) is 2.76. The molecule has 0 N–H and O–H groups in total. The zero-order valence-electron chi connectivity index (χ0n) is 9.36. The van der Waals surface area contributed by atoms with Gasteiger partial charge in [-0.3, -0.25) is 0 Å². The molecule has 1 atom stereocenters. The maximum absolute atomic E-state index is 5.66. The average Bonchev–Trinajstić information content (AvgIpc) is 2.27. The highest BCUT2D eigenvalue weighted by Gasteiger charge is 2.22. The fourth-order valence-corrected chi connectivity index (χ4v) is 1.16. The van der Waals surface area contributed by atoms with E-state index in [1.54, 1.807) is 7.11 Å². The molecule has 0 aliphatic heterocycles. The molecule has 1 aromatic rings. The normalized spacial score (nSPS) is 13.2. The molecule has 0 bridgehead atoms. The largest absolute Gasteiger partial charge is 0.354 e. The molecule has 0 aliphatic carbocycles. The zero-order chi connectivity index (χ0) is 11.3. The molecule has 0 spiro atoms. The molecule has 2 nitrogen and oxygen atoms in total. The van der Waals surface area contributed by atoms with Crippen LogP contribution in [0.25, 0.3) is 0 Å². The molecule has 15 heavy (non-hydrogen) atoms. The van der Waals surface area contributed by atoms with Gasteiger partial charge in [0.15, 0.2) is 5.79 Å². The van der Waals surface area contributed by atoms with Crippen molar-refractivity contribution in [3.05, 3.63) is 35.9 Å². The molecule has 2 heteroatoms. The van der Waals surface area contributed by atoms with Crippen molar-refractivity contribution in [2.45, 2.75) is 25.7 Å². The minimum absolute atomic E-state index is 0.374. The molecule has 0 saturated heterocycles. The lowest BCUT2D eigenvalue weighted by molar-refractivity contribution is -0.213. The number of hydrogen-bond acceptors (Lipinski definition) is 2. The Hall–Kier alpha value is -1.30. The van der Waals surface area contributed by atoms with Crippen molar-refractivity contribution in [2.24, 2.45) is 0 Å². The summed E-state index contributed by atoms with van der Waals surface area (Å²) in [6.45, 7) is 3.67. The van der Waals surface area contributed by atoms with Crippen LogP contribution < -0.4 is 0 Å². The van der Waals surface area contributed by atoms with Crippen LogP contribution in [0.2, 0.25) is 0 Å². The van der Waals surface area contributed by atoms with Crippen LogP contribution in [-0.4, -0.2) is 12.9 Å².